The highest BCUT2D eigenvalue weighted by molar-refractivity contribution is 7.92. The van der Waals surface area contributed by atoms with Crippen LogP contribution in [0.2, 0.25) is 0 Å². The SMILES string of the molecule is COc1ccc(N2CCN(C(=O)CN(c3ccc(OC)cc3)S(=O)(=O)c3ccc(F)cc3)CC2)cc1. The smallest absolute Gasteiger partial charge is 0.264 e. The fourth-order valence-electron chi connectivity index (χ4n) is 4.03. The molecule has 0 atom stereocenters. The first kappa shape index (κ1) is 25.3. The van der Waals surface area contributed by atoms with Crippen LogP contribution in [-0.4, -0.2) is 66.2 Å². The molecule has 1 heterocycles. The lowest BCUT2D eigenvalue weighted by molar-refractivity contribution is -0.129. The van der Waals surface area contributed by atoms with E-state index in [0.717, 1.165) is 27.9 Å². The number of halogens is 1. The van der Waals surface area contributed by atoms with Crippen molar-refractivity contribution in [3.8, 4) is 11.5 Å². The minimum Gasteiger partial charge on any atom is -0.497 e. The zero-order valence-corrected chi connectivity index (χ0v) is 20.9. The molecule has 190 valence electrons. The first-order valence-corrected chi connectivity index (χ1v) is 12.8. The Morgan fingerprint density at radius 3 is 1.89 bits per heavy atom. The van der Waals surface area contributed by atoms with E-state index in [1.165, 1.54) is 19.2 Å². The van der Waals surface area contributed by atoms with Crippen LogP contribution in [0.25, 0.3) is 0 Å². The second-order valence-electron chi connectivity index (χ2n) is 8.23. The molecule has 0 unspecified atom stereocenters. The topological polar surface area (TPSA) is 79.4 Å². The number of amides is 1. The Hall–Kier alpha value is -3.79. The van der Waals surface area contributed by atoms with Crippen molar-refractivity contribution in [1.29, 1.82) is 0 Å². The van der Waals surface area contributed by atoms with Crippen LogP contribution in [-0.2, 0) is 14.8 Å². The first-order valence-electron chi connectivity index (χ1n) is 11.4. The van der Waals surface area contributed by atoms with Gasteiger partial charge in [-0.25, -0.2) is 12.8 Å². The predicted molar refractivity (Wildman–Crippen MR) is 136 cm³/mol. The molecule has 1 fully saturated rings. The summed E-state index contributed by atoms with van der Waals surface area (Å²) >= 11 is 0. The zero-order chi connectivity index (χ0) is 25.7. The number of carbonyl (C=O) groups is 1. The van der Waals surface area contributed by atoms with Crippen LogP contribution in [0.5, 0.6) is 11.5 Å². The highest BCUT2D eigenvalue weighted by atomic mass is 32.2. The summed E-state index contributed by atoms with van der Waals surface area (Å²) in [5.74, 6) is 0.467. The second-order valence-corrected chi connectivity index (χ2v) is 10.1. The van der Waals surface area contributed by atoms with Gasteiger partial charge >= 0.3 is 0 Å². The number of hydrogen-bond donors (Lipinski definition) is 0. The highest BCUT2D eigenvalue weighted by Gasteiger charge is 2.30. The van der Waals surface area contributed by atoms with Gasteiger partial charge in [0.1, 0.15) is 23.9 Å². The van der Waals surface area contributed by atoms with Crippen molar-refractivity contribution >= 4 is 27.3 Å². The third kappa shape index (κ3) is 5.54. The molecule has 0 saturated carbocycles. The molecule has 0 N–H and O–H groups in total. The molecule has 10 heteroatoms. The Morgan fingerprint density at radius 2 is 1.36 bits per heavy atom. The molecule has 1 aliphatic heterocycles. The standard InChI is InChI=1S/C26H28FN3O5S/c1-34-23-9-5-21(6-10-23)28-15-17-29(18-16-28)26(31)19-30(22-7-11-24(35-2)12-8-22)36(32,33)25-13-3-20(27)4-14-25/h3-14H,15-19H2,1-2H3. The molecular formula is C26H28FN3O5S. The molecule has 1 amide bonds. The van der Waals surface area contributed by atoms with Crippen molar-refractivity contribution in [2.45, 2.75) is 4.90 Å². The largest absolute Gasteiger partial charge is 0.497 e. The molecule has 0 spiro atoms. The summed E-state index contributed by atoms with van der Waals surface area (Å²) in [5.41, 5.74) is 1.34. The lowest BCUT2D eigenvalue weighted by atomic mass is 10.2. The van der Waals surface area contributed by atoms with Crippen LogP contribution >= 0.6 is 0 Å². The van der Waals surface area contributed by atoms with E-state index in [0.29, 0.717) is 37.6 Å². The van der Waals surface area contributed by atoms with E-state index in [1.807, 2.05) is 24.3 Å². The Balaban J connectivity index is 1.51. The van der Waals surface area contributed by atoms with Gasteiger partial charge in [0.25, 0.3) is 10.0 Å². The zero-order valence-electron chi connectivity index (χ0n) is 20.1. The third-order valence-corrected chi connectivity index (χ3v) is 7.90. The van der Waals surface area contributed by atoms with E-state index in [4.69, 9.17) is 9.47 Å². The van der Waals surface area contributed by atoms with Crippen molar-refractivity contribution in [2.24, 2.45) is 0 Å². The molecule has 3 aromatic rings. The maximum absolute atomic E-state index is 13.5. The Kier molecular flexibility index (Phi) is 7.64. The summed E-state index contributed by atoms with van der Waals surface area (Å²) in [6, 6.07) is 18.7. The van der Waals surface area contributed by atoms with Gasteiger partial charge in [-0.2, -0.15) is 0 Å². The normalized spacial score (nSPS) is 13.9. The van der Waals surface area contributed by atoms with E-state index < -0.39 is 15.8 Å². The fraction of sp³-hybridized carbons (Fsp3) is 0.269. The molecule has 0 aliphatic carbocycles. The lowest BCUT2D eigenvalue weighted by Gasteiger charge is -2.37. The highest BCUT2D eigenvalue weighted by Crippen LogP contribution is 2.27. The predicted octanol–water partition coefficient (Wildman–Crippen LogP) is 3.39. The van der Waals surface area contributed by atoms with E-state index in [-0.39, 0.29) is 17.3 Å². The van der Waals surface area contributed by atoms with Gasteiger partial charge in [0, 0.05) is 31.9 Å². The van der Waals surface area contributed by atoms with Crippen molar-refractivity contribution in [2.75, 3.05) is 56.1 Å². The van der Waals surface area contributed by atoms with Crippen LogP contribution in [0, 0.1) is 5.82 Å². The van der Waals surface area contributed by atoms with Crippen LogP contribution in [0.3, 0.4) is 0 Å². The average molecular weight is 514 g/mol. The Bertz CT molecular complexity index is 1270. The molecule has 3 aromatic carbocycles. The number of piperazine rings is 1. The number of benzene rings is 3. The number of anilines is 2. The Labute approximate surface area is 210 Å². The summed E-state index contributed by atoms with van der Waals surface area (Å²) in [6.07, 6.45) is 0. The van der Waals surface area contributed by atoms with Gasteiger partial charge in [0.2, 0.25) is 5.91 Å². The first-order chi connectivity index (χ1) is 17.3. The van der Waals surface area contributed by atoms with Crippen LogP contribution < -0.4 is 18.7 Å². The number of hydrogen-bond acceptors (Lipinski definition) is 6. The summed E-state index contributed by atoms with van der Waals surface area (Å²) in [7, 11) is -1.00. The second kappa shape index (κ2) is 10.9. The summed E-state index contributed by atoms with van der Waals surface area (Å²) < 4.78 is 51.8. The average Bonchev–Trinajstić information content (AvgIpc) is 2.92. The van der Waals surface area contributed by atoms with E-state index in [9.17, 15) is 17.6 Å². The summed E-state index contributed by atoms with van der Waals surface area (Å²) in [6.45, 7) is 1.76. The maximum Gasteiger partial charge on any atom is 0.264 e. The van der Waals surface area contributed by atoms with Crippen LogP contribution in [0.4, 0.5) is 15.8 Å². The van der Waals surface area contributed by atoms with Crippen molar-refractivity contribution in [3.05, 3.63) is 78.6 Å². The molecular weight excluding hydrogens is 485 g/mol. The fourth-order valence-corrected chi connectivity index (χ4v) is 5.44. The third-order valence-electron chi connectivity index (χ3n) is 6.11. The summed E-state index contributed by atoms with van der Waals surface area (Å²) in [5, 5.41) is 0. The van der Waals surface area contributed by atoms with Gasteiger partial charge in [-0.05, 0) is 72.8 Å². The molecule has 0 bridgehead atoms. The number of ether oxygens (including phenoxy) is 2. The minimum atomic E-state index is -4.13. The number of nitrogens with zero attached hydrogens (tertiary/aromatic N) is 3. The van der Waals surface area contributed by atoms with Gasteiger partial charge in [0.05, 0.1) is 24.8 Å². The molecule has 1 aliphatic rings. The number of rotatable bonds is 8. The number of carbonyl (C=O) groups excluding carboxylic acids is 1. The van der Waals surface area contributed by atoms with Crippen LogP contribution in [0.1, 0.15) is 0 Å². The van der Waals surface area contributed by atoms with Gasteiger partial charge in [0.15, 0.2) is 0 Å². The molecule has 36 heavy (non-hydrogen) atoms. The van der Waals surface area contributed by atoms with E-state index in [1.54, 1.807) is 36.3 Å². The van der Waals surface area contributed by atoms with Gasteiger partial charge in [-0.15, -0.1) is 0 Å². The number of methoxy groups -OCH3 is 2. The molecule has 8 nitrogen and oxygen atoms in total. The maximum atomic E-state index is 13.5. The van der Waals surface area contributed by atoms with Crippen LogP contribution in [0.15, 0.2) is 77.7 Å². The van der Waals surface area contributed by atoms with Gasteiger partial charge in [-0.1, -0.05) is 0 Å². The monoisotopic (exact) mass is 513 g/mol. The van der Waals surface area contributed by atoms with Gasteiger partial charge < -0.3 is 19.3 Å². The quantitative estimate of drug-likeness (QED) is 0.460. The molecule has 4 rings (SSSR count). The van der Waals surface area contributed by atoms with Crippen molar-refractivity contribution in [3.63, 3.8) is 0 Å². The van der Waals surface area contributed by atoms with Crippen molar-refractivity contribution < 1.29 is 27.1 Å². The van der Waals surface area contributed by atoms with Gasteiger partial charge in [-0.3, -0.25) is 9.10 Å². The Morgan fingerprint density at radius 1 is 0.833 bits per heavy atom. The molecule has 1 saturated heterocycles. The van der Waals surface area contributed by atoms with Crippen molar-refractivity contribution in [1.82, 2.24) is 4.90 Å². The van der Waals surface area contributed by atoms with E-state index >= 15 is 0 Å². The molecule has 0 radical (unpaired) electrons. The number of sulfonamides is 1. The lowest BCUT2D eigenvalue weighted by Crippen LogP contribution is -2.52. The molecule has 0 aromatic heterocycles. The minimum absolute atomic E-state index is 0.100. The van der Waals surface area contributed by atoms with E-state index in [2.05, 4.69) is 4.90 Å². The summed E-state index contributed by atoms with van der Waals surface area (Å²) in [4.78, 5) is 17.0.